The number of rotatable bonds is 1. The van der Waals surface area contributed by atoms with Gasteiger partial charge in [0.15, 0.2) is 0 Å². The number of pyridine rings is 1. The van der Waals surface area contributed by atoms with Gasteiger partial charge in [-0.25, -0.2) is 5.14 Å². The van der Waals surface area contributed by atoms with Crippen LogP contribution in [0.2, 0.25) is 0 Å². The fraction of sp³-hybridized carbons (Fsp3) is 0.125. The molecule has 0 aliphatic carbocycles. The number of nitrogens with two attached hydrogens (primary N) is 1. The van der Waals surface area contributed by atoms with Crippen molar-refractivity contribution in [2.75, 3.05) is 10.8 Å². The second kappa shape index (κ2) is 3.07. The van der Waals surface area contributed by atoms with Crippen molar-refractivity contribution in [2.24, 2.45) is 5.14 Å². The van der Waals surface area contributed by atoms with Gasteiger partial charge in [0.2, 0.25) is 0 Å². The highest BCUT2D eigenvalue weighted by atomic mass is 32.2. The monoisotopic (exact) mass is 211 g/mol. The first kappa shape index (κ1) is 9.17. The standard InChI is InChI=1S/C8H9N3O2S/c9-14(12,13)11-5-1-2-7-3-4-10-6-8(7)11/h1-4,6H,5H2,(H2,9,12,13). The van der Waals surface area contributed by atoms with Crippen LogP contribution in [-0.2, 0) is 10.2 Å². The van der Waals surface area contributed by atoms with Gasteiger partial charge in [0.1, 0.15) is 0 Å². The average Bonchev–Trinajstić information content (AvgIpc) is 2.15. The molecule has 0 saturated carbocycles. The molecule has 0 unspecified atom stereocenters. The van der Waals surface area contributed by atoms with Crippen LogP contribution in [0.25, 0.3) is 6.08 Å². The van der Waals surface area contributed by atoms with Crippen molar-refractivity contribution in [2.45, 2.75) is 0 Å². The zero-order valence-corrected chi connectivity index (χ0v) is 8.11. The third kappa shape index (κ3) is 1.49. The lowest BCUT2D eigenvalue weighted by Crippen LogP contribution is -2.38. The highest BCUT2D eigenvalue weighted by molar-refractivity contribution is 7.90. The minimum atomic E-state index is -3.70. The fourth-order valence-electron chi connectivity index (χ4n) is 1.36. The summed E-state index contributed by atoms with van der Waals surface area (Å²) in [5.41, 5.74) is 1.33. The number of anilines is 1. The van der Waals surface area contributed by atoms with E-state index >= 15 is 0 Å². The number of fused-ring (bicyclic) bond motifs is 1. The molecule has 6 heteroatoms. The molecule has 0 saturated heterocycles. The molecule has 2 N–H and O–H groups in total. The molecule has 1 aliphatic heterocycles. The zero-order valence-electron chi connectivity index (χ0n) is 7.29. The maximum atomic E-state index is 11.2. The Balaban J connectivity index is 2.57. The number of aromatic nitrogens is 1. The van der Waals surface area contributed by atoms with Crippen LogP contribution in [0, 0.1) is 0 Å². The van der Waals surface area contributed by atoms with E-state index in [2.05, 4.69) is 4.98 Å². The van der Waals surface area contributed by atoms with Gasteiger partial charge in [-0.2, -0.15) is 8.42 Å². The summed E-state index contributed by atoms with van der Waals surface area (Å²) in [4.78, 5) is 3.87. The van der Waals surface area contributed by atoms with Crippen LogP contribution in [0.3, 0.4) is 0 Å². The van der Waals surface area contributed by atoms with E-state index in [0.717, 1.165) is 9.87 Å². The number of hydrogen-bond donors (Lipinski definition) is 1. The minimum Gasteiger partial charge on any atom is -0.262 e. The van der Waals surface area contributed by atoms with Gasteiger partial charge in [-0.3, -0.25) is 9.29 Å². The lowest BCUT2D eigenvalue weighted by molar-refractivity contribution is 0.594. The molecular weight excluding hydrogens is 202 g/mol. The van der Waals surface area contributed by atoms with Gasteiger partial charge < -0.3 is 0 Å². The third-order valence-corrected chi connectivity index (χ3v) is 2.94. The van der Waals surface area contributed by atoms with Crippen LogP contribution in [0.4, 0.5) is 5.69 Å². The van der Waals surface area contributed by atoms with Gasteiger partial charge in [0, 0.05) is 11.8 Å². The Hall–Kier alpha value is -1.40. The van der Waals surface area contributed by atoms with Crippen molar-refractivity contribution in [1.82, 2.24) is 4.98 Å². The summed E-state index contributed by atoms with van der Waals surface area (Å²) in [5, 5.41) is 5.06. The van der Waals surface area contributed by atoms with E-state index in [1.165, 1.54) is 6.20 Å². The molecule has 1 aliphatic rings. The van der Waals surface area contributed by atoms with E-state index in [1.54, 1.807) is 18.3 Å². The Labute approximate surface area is 82.0 Å². The Morgan fingerprint density at radius 3 is 3.00 bits per heavy atom. The summed E-state index contributed by atoms with van der Waals surface area (Å²) >= 11 is 0. The van der Waals surface area contributed by atoms with Crippen LogP contribution >= 0.6 is 0 Å². The van der Waals surface area contributed by atoms with Crippen LogP contribution in [-0.4, -0.2) is 19.9 Å². The lowest BCUT2D eigenvalue weighted by atomic mass is 10.1. The number of hydrogen-bond acceptors (Lipinski definition) is 3. The van der Waals surface area contributed by atoms with Crippen molar-refractivity contribution in [3.05, 3.63) is 30.1 Å². The predicted octanol–water partition coefficient (Wildman–Crippen LogP) is 0.118. The van der Waals surface area contributed by atoms with Crippen LogP contribution in [0.1, 0.15) is 5.56 Å². The maximum Gasteiger partial charge on any atom is 0.299 e. The average molecular weight is 211 g/mol. The molecule has 2 heterocycles. The molecule has 1 aromatic rings. The second-order valence-corrected chi connectivity index (χ2v) is 4.38. The molecule has 0 bridgehead atoms. The van der Waals surface area contributed by atoms with Gasteiger partial charge in [-0.1, -0.05) is 12.2 Å². The Morgan fingerprint density at radius 1 is 1.50 bits per heavy atom. The van der Waals surface area contributed by atoms with Crippen molar-refractivity contribution in [3.8, 4) is 0 Å². The molecule has 74 valence electrons. The van der Waals surface area contributed by atoms with E-state index in [9.17, 15) is 8.42 Å². The van der Waals surface area contributed by atoms with E-state index in [4.69, 9.17) is 5.14 Å². The van der Waals surface area contributed by atoms with Crippen LogP contribution in [0.15, 0.2) is 24.5 Å². The van der Waals surface area contributed by atoms with Gasteiger partial charge in [-0.05, 0) is 6.07 Å². The summed E-state index contributed by atoms with van der Waals surface area (Å²) in [5.74, 6) is 0. The van der Waals surface area contributed by atoms with E-state index < -0.39 is 10.2 Å². The highest BCUT2D eigenvalue weighted by Gasteiger charge is 2.21. The Morgan fingerprint density at radius 2 is 2.29 bits per heavy atom. The molecule has 14 heavy (non-hydrogen) atoms. The van der Waals surface area contributed by atoms with Gasteiger partial charge in [0.25, 0.3) is 10.2 Å². The van der Waals surface area contributed by atoms with Crippen molar-refractivity contribution in [1.29, 1.82) is 0 Å². The molecule has 0 fully saturated rings. The topological polar surface area (TPSA) is 76.3 Å². The molecule has 5 nitrogen and oxygen atoms in total. The first-order valence-corrected chi connectivity index (χ1v) is 5.50. The van der Waals surface area contributed by atoms with Gasteiger partial charge in [-0.15, -0.1) is 0 Å². The molecule has 0 atom stereocenters. The first-order valence-electron chi connectivity index (χ1n) is 4.00. The van der Waals surface area contributed by atoms with Gasteiger partial charge >= 0.3 is 0 Å². The van der Waals surface area contributed by atoms with Gasteiger partial charge in [0.05, 0.1) is 18.4 Å². The summed E-state index contributed by atoms with van der Waals surface area (Å²) < 4.78 is 23.5. The molecule has 0 spiro atoms. The Kier molecular flexibility index (Phi) is 2.01. The largest absolute Gasteiger partial charge is 0.299 e. The van der Waals surface area contributed by atoms with Crippen molar-refractivity contribution < 1.29 is 8.42 Å². The molecule has 1 aromatic heterocycles. The predicted molar refractivity (Wildman–Crippen MR) is 53.7 cm³/mol. The zero-order chi connectivity index (χ0) is 10.2. The molecule has 0 amide bonds. The van der Waals surface area contributed by atoms with Crippen LogP contribution < -0.4 is 9.44 Å². The SMILES string of the molecule is NS(=O)(=O)N1CC=Cc2ccncc21. The molecule has 2 rings (SSSR count). The van der Waals surface area contributed by atoms with E-state index in [1.807, 2.05) is 6.08 Å². The normalized spacial score (nSPS) is 15.4. The van der Waals surface area contributed by atoms with Crippen molar-refractivity contribution in [3.63, 3.8) is 0 Å². The summed E-state index contributed by atoms with van der Waals surface area (Å²) in [6.45, 7) is 0.261. The fourth-order valence-corrected chi connectivity index (χ4v) is 2.08. The summed E-state index contributed by atoms with van der Waals surface area (Å²) in [6, 6.07) is 1.74. The first-order chi connectivity index (χ1) is 6.59. The minimum absolute atomic E-state index is 0.261. The van der Waals surface area contributed by atoms with Crippen molar-refractivity contribution >= 4 is 22.0 Å². The lowest BCUT2D eigenvalue weighted by Gasteiger charge is -2.24. The van der Waals surface area contributed by atoms with Crippen LogP contribution in [0.5, 0.6) is 0 Å². The Bertz CT molecular complexity index is 481. The maximum absolute atomic E-state index is 11.2. The van der Waals surface area contributed by atoms with E-state index in [0.29, 0.717) is 5.69 Å². The second-order valence-electron chi connectivity index (χ2n) is 2.91. The number of nitrogens with zero attached hydrogens (tertiary/aromatic N) is 2. The highest BCUT2D eigenvalue weighted by Crippen LogP contribution is 2.25. The third-order valence-electron chi connectivity index (χ3n) is 1.98. The quantitative estimate of drug-likeness (QED) is 0.716. The summed E-state index contributed by atoms with van der Waals surface area (Å²) in [6.07, 6.45) is 6.69. The van der Waals surface area contributed by atoms with E-state index in [-0.39, 0.29) is 6.54 Å². The molecule has 0 aromatic carbocycles. The smallest absolute Gasteiger partial charge is 0.262 e. The molecule has 0 radical (unpaired) electrons. The molecular formula is C8H9N3O2S. The summed E-state index contributed by atoms with van der Waals surface area (Å²) in [7, 11) is -3.70.